The minimum absolute atomic E-state index is 0.0127. The first-order valence-corrected chi connectivity index (χ1v) is 6.33. The van der Waals surface area contributed by atoms with Gasteiger partial charge in [-0.1, -0.05) is 0 Å². The van der Waals surface area contributed by atoms with Crippen LogP contribution in [0.1, 0.15) is 24.4 Å². The largest absolute Gasteiger partial charge is 0.496 e. The number of methoxy groups -OCH3 is 1. The van der Waals surface area contributed by atoms with Crippen molar-refractivity contribution in [2.24, 2.45) is 5.73 Å². The number of halogens is 2. The summed E-state index contributed by atoms with van der Waals surface area (Å²) in [6, 6.07) is 2.72. The molecule has 0 aromatic heterocycles. The molecular formula is C12H15BrFNO2. The van der Waals surface area contributed by atoms with Gasteiger partial charge in [0.1, 0.15) is 11.6 Å². The number of nitrogens with two attached hydrogens (primary N) is 1. The van der Waals surface area contributed by atoms with Crippen LogP contribution >= 0.6 is 15.9 Å². The highest BCUT2D eigenvalue weighted by Crippen LogP contribution is 2.34. The van der Waals surface area contributed by atoms with E-state index in [0.717, 1.165) is 25.0 Å². The summed E-state index contributed by atoms with van der Waals surface area (Å²) in [7, 11) is 1.51. The first-order valence-electron chi connectivity index (χ1n) is 5.53. The van der Waals surface area contributed by atoms with Crippen molar-refractivity contribution in [3.8, 4) is 5.75 Å². The highest BCUT2D eigenvalue weighted by Gasteiger charge is 2.27. The Kier molecular flexibility index (Phi) is 4.01. The van der Waals surface area contributed by atoms with Gasteiger partial charge in [-0.2, -0.15) is 0 Å². The van der Waals surface area contributed by atoms with Crippen LogP contribution in [0.5, 0.6) is 5.75 Å². The summed E-state index contributed by atoms with van der Waals surface area (Å²) in [5.41, 5.74) is 6.92. The number of rotatable bonds is 3. The van der Waals surface area contributed by atoms with Crippen molar-refractivity contribution in [3.05, 3.63) is 28.0 Å². The van der Waals surface area contributed by atoms with Gasteiger partial charge in [0.15, 0.2) is 0 Å². The van der Waals surface area contributed by atoms with Crippen LogP contribution in [0.25, 0.3) is 0 Å². The van der Waals surface area contributed by atoms with E-state index in [2.05, 4.69) is 15.9 Å². The lowest BCUT2D eigenvalue weighted by atomic mass is 9.99. The van der Waals surface area contributed by atoms with Gasteiger partial charge in [-0.05, 0) is 34.8 Å². The SMILES string of the molecule is COc1cc(F)c(Br)cc1C(N)C1CCCO1. The van der Waals surface area contributed by atoms with Gasteiger partial charge >= 0.3 is 0 Å². The summed E-state index contributed by atoms with van der Waals surface area (Å²) in [6.45, 7) is 0.739. The first kappa shape index (κ1) is 12.8. The Morgan fingerprint density at radius 2 is 2.35 bits per heavy atom. The summed E-state index contributed by atoms with van der Waals surface area (Å²) < 4.78 is 24.5. The summed E-state index contributed by atoms with van der Waals surface area (Å²) in [4.78, 5) is 0. The van der Waals surface area contributed by atoms with E-state index in [4.69, 9.17) is 15.2 Å². The van der Waals surface area contributed by atoms with Gasteiger partial charge in [0.25, 0.3) is 0 Å². The second kappa shape index (κ2) is 5.33. The van der Waals surface area contributed by atoms with Gasteiger partial charge in [-0.3, -0.25) is 0 Å². The quantitative estimate of drug-likeness (QED) is 0.934. The van der Waals surface area contributed by atoms with Crippen molar-refractivity contribution in [1.29, 1.82) is 0 Å². The highest BCUT2D eigenvalue weighted by molar-refractivity contribution is 9.10. The fourth-order valence-corrected chi connectivity index (χ4v) is 2.43. The normalized spacial score (nSPS) is 21.5. The third-order valence-electron chi connectivity index (χ3n) is 3.00. The van der Waals surface area contributed by atoms with E-state index in [9.17, 15) is 4.39 Å². The monoisotopic (exact) mass is 303 g/mol. The standard InChI is InChI=1S/C12H15BrFNO2/c1-16-11-6-9(14)8(13)5-7(11)12(15)10-3-2-4-17-10/h5-6,10,12H,2-4,15H2,1H3. The molecular weight excluding hydrogens is 289 g/mol. The van der Waals surface area contributed by atoms with Gasteiger partial charge in [0.05, 0.1) is 23.7 Å². The van der Waals surface area contributed by atoms with Crippen molar-refractivity contribution in [2.75, 3.05) is 13.7 Å². The van der Waals surface area contributed by atoms with Crippen LogP contribution in [0.2, 0.25) is 0 Å². The minimum atomic E-state index is -0.356. The number of hydrogen-bond acceptors (Lipinski definition) is 3. The van der Waals surface area contributed by atoms with E-state index in [-0.39, 0.29) is 18.0 Å². The van der Waals surface area contributed by atoms with Crippen LogP contribution in [0, 0.1) is 5.82 Å². The summed E-state index contributed by atoms with van der Waals surface area (Å²) in [5.74, 6) is 0.110. The molecule has 1 aromatic carbocycles. The average molecular weight is 304 g/mol. The maximum absolute atomic E-state index is 13.4. The fourth-order valence-electron chi connectivity index (χ4n) is 2.07. The molecule has 3 nitrogen and oxygen atoms in total. The van der Waals surface area contributed by atoms with Crippen molar-refractivity contribution < 1.29 is 13.9 Å². The third-order valence-corrected chi connectivity index (χ3v) is 3.60. The molecule has 1 fully saturated rings. The van der Waals surface area contributed by atoms with Gasteiger partial charge < -0.3 is 15.2 Å². The molecule has 2 unspecified atom stereocenters. The number of benzene rings is 1. The Hall–Kier alpha value is -0.650. The molecule has 2 N–H and O–H groups in total. The van der Waals surface area contributed by atoms with E-state index in [1.807, 2.05) is 0 Å². The lowest BCUT2D eigenvalue weighted by molar-refractivity contribution is 0.0892. The third kappa shape index (κ3) is 2.61. The molecule has 0 saturated carbocycles. The molecule has 94 valence electrons. The van der Waals surface area contributed by atoms with E-state index in [1.54, 1.807) is 6.07 Å². The molecule has 1 heterocycles. The summed E-state index contributed by atoms with van der Waals surface area (Å²) in [6.07, 6.45) is 1.93. The molecule has 0 amide bonds. The zero-order chi connectivity index (χ0) is 12.4. The molecule has 1 saturated heterocycles. The fraction of sp³-hybridized carbons (Fsp3) is 0.500. The molecule has 0 spiro atoms. The van der Waals surface area contributed by atoms with Crippen LogP contribution in [0.3, 0.4) is 0 Å². The van der Waals surface area contributed by atoms with E-state index >= 15 is 0 Å². The summed E-state index contributed by atoms with van der Waals surface area (Å²) in [5, 5.41) is 0. The van der Waals surface area contributed by atoms with E-state index < -0.39 is 0 Å². The Labute approximate surface area is 108 Å². The van der Waals surface area contributed by atoms with E-state index in [1.165, 1.54) is 13.2 Å². The molecule has 0 aliphatic carbocycles. The molecule has 1 aromatic rings. The molecule has 5 heteroatoms. The minimum Gasteiger partial charge on any atom is -0.496 e. The maximum Gasteiger partial charge on any atom is 0.141 e. The predicted octanol–water partition coefficient (Wildman–Crippen LogP) is 2.78. The molecule has 17 heavy (non-hydrogen) atoms. The zero-order valence-electron chi connectivity index (χ0n) is 9.58. The lowest BCUT2D eigenvalue weighted by Crippen LogP contribution is -2.26. The Bertz CT molecular complexity index is 408. The van der Waals surface area contributed by atoms with Gasteiger partial charge in [-0.15, -0.1) is 0 Å². The molecule has 0 radical (unpaired) electrons. The molecule has 1 aliphatic heterocycles. The topological polar surface area (TPSA) is 44.5 Å². The van der Waals surface area contributed by atoms with Crippen LogP contribution in [-0.4, -0.2) is 19.8 Å². The Morgan fingerprint density at radius 1 is 1.59 bits per heavy atom. The molecule has 2 atom stereocenters. The number of hydrogen-bond donors (Lipinski definition) is 1. The van der Waals surface area contributed by atoms with E-state index in [0.29, 0.717) is 10.2 Å². The van der Waals surface area contributed by atoms with Gasteiger partial charge in [0.2, 0.25) is 0 Å². The van der Waals surface area contributed by atoms with Crippen LogP contribution < -0.4 is 10.5 Å². The van der Waals surface area contributed by atoms with Crippen LogP contribution in [0.4, 0.5) is 4.39 Å². The second-order valence-corrected chi connectivity index (χ2v) is 4.94. The molecule has 1 aliphatic rings. The molecule has 0 bridgehead atoms. The Balaban J connectivity index is 2.32. The lowest BCUT2D eigenvalue weighted by Gasteiger charge is -2.21. The number of ether oxygens (including phenoxy) is 2. The van der Waals surface area contributed by atoms with Crippen molar-refractivity contribution in [1.82, 2.24) is 0 Å². The highest BCUT2D eigenvalue weighted by atomic mass is 79.9. The maximum atomic E-state index is 13.4. The van der Waals surface area contributed by atoms with Crippen LogP contribution in [0.15, 0.2) is 16.6 Å². The van der Waals surface area contributed by atoms with Crippen molar-refractivity contribution in [2.45, 2.75) is 25.0 Å². The molecule has 2 rings (SSSR count). The smallest absolute Gasteiger partial charge is 0.141 e. The van der Waals surface area contributed by atoms with Crippen LogP contribution in [-0.2, 0) is 4.74 Å². The van der Waals surface area contributed by atoms with Gasteiger partial charge in [0, 0.05) is 18.2 Å². The second-order valence-electron chi connectivity index (χ2n) is 4.09. The summed E-state index contributed by atoms with van der Waals surface area (Å²) >= 11 is 3.16. The predicted molar refractivity (Wildman–Crippen MR) is 66.6 cm³/mol. The first-order chi connectivity index (χ1) is 8.13. The van der Waals surface area contributed by atoms with Gasteiger partial charge in [-0.25, -0.2) is 4.39 Å². The Morgan fingerprint density at radius 3 is 2.94 bits per heavy atom. The average Bonchev–Trinajstić information content (AvgIpc) is 2.84. The van der Waals surface area contributed by atoms with Crippen molar-refractivity contribution in [3.63, 3.8) is 0 Å². The van der Waals surface area contributed by atoms with Crippen molar-refractivity contribution >= 4 is 15.9 Å². The zero-order valence-corrected chi connectivity index (χ0v) is 11.2.